The molecule has 0 spiro atoms. The highest BCUT2D eigenvalue weighted by Gasteiger charge is 2.28. The number of rotatable bonds is 8. The number of hydrogen-bond acceptors (Lipinski definition) is 5. The molecule has 4 rings (SSSR count). The van der Waals surface area contributed by atoms with Gasteiger partial charge in [-0.1, -0.05) is 42.5 Å². The lowest BCUT2D eigenvalue weighted by atomic mass is 10.2. The average Bonchev–Trinajstić information content (AvgIpc) is 3.41. The molecule has 2 aliphatic rings. The van der Waals surface area contributed by atoms with E-state index in [9.17, 15) is 13.2 Å². The molecule has 1 N–H and O–H groups in total. The minimum Gasteiger partial charge on any atom is -0.325 e. The fourth-order valence-electron chi connectivity index (χ4n) is 4.44. The van der Waals surface area contributed by atoms with Gasteiger partial charge in [0.05, 0.1) is 10.9 Å². The lowest BCUT2D eigenvalue weighted by molar-refractivity contribution is -0.121. The van der Waals surface area contributed by atoms with E-state index in [1.54, 1.807) is 24.3 Å². The lowest BCUT2D eigenvalue weighted by Crippen LogP contribution is -2.52. The molecule has 0 aliphatic carbocycles. The number of anilines is 1. The Bertz CT molecular complexity index is 1070. The zero-order chi connectivity index (χ0) is 24.0. The summed E-state index contributed by atoms with van der Waals surface area (Å²) in [6.45, 7) is 7.48. The van der Waals surface area contributed by atoms with Crippen LogP contribution < -0.4 is 5.32 Å². The van der Waals surface area contributed by atoms with Gasteiger partial charge in [-0.25, -0.2) is 8.42 Å². The van der Waals surface area contributed by atoms with Gasteiger partial charge in [-0.2, -0.15) is 4.31 Å². The largest absolute Gasteiger partial charge is 0.325 e. The van der Waals surface area contributed by atoms with Gasteiger partial charge in [0.15, 0.2) is 0 Å². The Balaban J connectivity index is 1.24. The van der Waals surface area contributed by atoms with E-state index in [1.165, 1.54) is 9.87 Å². The molecular weight excluding hydrogens is 448 g/mol. The average molecular weight is 483 g/mol. The van der Waals surface area contributed by atoms with Gasteiger partial charge in [0.1, 0.15) is 0 Å². The first kappa shape index (κ1) is 24.6. The van der Waals surface area contributed by atoms with Crippen LogP contribution in [0.2, 0.25) is 0 Å². The van der Waals surface area contributed by atoms with E-state index in [0.29, 0.717) is 18.8 Å². The van der Waals surface area contributed by atoms with Gasteiger partial charge in [-0.3, -0.25) is 14.6 Å². The molecule has 1 amide bonds. The Kier molecular flexibility index (Phi) is 8.15. The molecule has 2 heterocycles. The minimum absolute atomic E-state index is 0.0763. The predicted molar refractivity (Wildman–Crippen MR) is 136 cm³/mol. The number of nitrogens with one attached hydrogen (secondary N) is 1. The third-order valence-electron chi connectivity index (χ3n) is 6.63. The summed E-state index contributed by atoms with van der Waals surface area (Å²) in [6.07, 6.45) is 6.15. The van der Waals surface area contributed by atoms with Gasteiger partial charge < -0.3 is 5.32 Å². The van der Waals surface area contributed by atoms with Crippen LogP contribution in [-0.2, 0) is 14.8 Å². The SMILES string of the molecule is CC(C(=O)Nc1ccc(S(=O)(=O)N2CCCC2)cc1)N1CCN(CC=Cc2ccccc2)CC1. The molecular formula is C26H34N4O3S. The quantitative estimate of drug-likeness (QED) is 0.626. The van der Waals surface area contributed by atoms with E-state index >= 15 is 0 Å². The molecule has 0 aromatic heterocycles. The van der Waals surface area contributed by atoms with E-state index in [2.05, 4.69) is 39.4 Å². The fraction of sp³-hybridized carbons (Fsp3) is 0.423. The van der Waals surface area contributed by atoms with Crippen LogP contribution >= 0.6 is 0 Å². The molecule has 1 unspecified atom stereocenters. The van der Waals surface area contributed by atoms with E-state index in [-0.39, 0.29) is 16.8 Å². The Morgan fingerprint density at radius 2 is 1.59 bits per heavy atom. The van der Waals surface area contributed by atoms with Gasteiger partial charge in [-0.05, 0) is 49.6 Å². The van der Waals surface area contributed by atoms with Crippen molar-refractivity contribution in [3.8, 4) is 0 Å². The fourth-order valence-corrected chi connectivity index (χ4v) is 5.95. The number of carbonyl (C=O) groups excluding carboxylic acids is 1. The zero-order valence-corrected chi connectivity index (χ0v) is 20.6. The number of piperazine rings is 1. The zero-order valence-electron chi connectivity index (χ0n) is 19.8. The van der Waals surface area contributed by atoms with E-state index < -0.39 is 10.0 Å². The first-order chi connectivity index (χ1) is 16.4. The van der Waals surface area contributed by atoms with Crippen LogP contribution in [-0.4, -0.2) is 80.3 Å². The van der Waals surface area contributed by atoms with Crippen LogP contribution in [0.1, 0.15) is 25.3 Å². The summed E-state index contributed by atoms with van der Waals surface area (Å²) in [4.78, 5) is 17.7. The molecule has 7 nitrogen and oxygen atoms in total. The van der Waals surface area contributed by atoms with Crippen molar-refractivity contribution in [3.63, 3.8) is 0 Å². The van der Waals surface area contributed by atoms with Crippen molar-refractivity contribution in [2.75, 3.05) is 51.1 Å². The summed E-state index contributed by atoms with van der Waals surface area (Å²) in [7, 11) is -3.44. The Morgan fingerprint density at radius 3 is 2.24 bits per heavy atom. The molecule has 0 saturated carbocycles. The molecule has 2 fully saturated rings. The highest BCUT2D eigenvalue weighted by Crippen LogP contribution is 2.22. The molecule has 2 saturated heterocycles. The van der Waals surface area contributed by atoms with Crippen molar-refractivity contribution in [2.24, 2.45) is 0 Å². The number of hydrogen-bond donors (Lipinski definition) is 1. The number of nitrogens with zero attached hydrogens (tertiary/aromatic N) is 3. The number of benzene rings is 2. The summed E-state index contributed by atoms with van der Waals surface area (Å²) < 4.78 is 26.9. The second-order valence-corrected chi connectivity index (χ2v) is 10.9. The number of carbonyl (C=O) groups is 1. The predicted octanol–water partition coefficient (Wildman–Crippen LogP) is 3.13. The van der Waals surface area contributed by atoms with Crippen LogP contribution in [0.5, 0.6) is 0 Å². The number of sulfonamides is 1. The summed E-state index contributed by atoms with van der Waals surface area (Å²) in [5.41, 5.74) is 1.81. The molecule has 1 atom stereocenters. The van der Waals surface area contributed by atoms with Crippen LogP contribution in [0.25, 0.3) is 6.08 Å². The lowest BCUT2D eigenvalue weighted by Gasteiger charge is -2.37. The molecule has 8 heteroatoms. The summed E-state index contributed by atoms with van der Waals surface area (Å²) >= 11 is 0. The summed E-state index contributed by atoms with van der Waals surface area (Å²) in [5, 5.41) is 2.94. The first-order valence-electron chi connectivity index (χ1n) is 12.0. The molecule has 34 heavy (non-hydrogen) atoms. The van der Waals surface area contributed by atoms with Gasteiger partial charge >= 0.3 is 0 Å². The second kappa shape index (κ2) is 11.3. The highest BCUT2D eigenvalue weighted by atomic mass is 32.2. The topological polar surface area (TPSA) is 73.0 Å². The smallest absolute Gasteiger partial charge is 0.243 e. The third kappa shape index (κ3) is 6.13. The Labute approximate surface area is 203 Å². The van der Waals surface area contributed by atoms with Gasteiger partial charge in [0.2, 0.25) is 15.9 Å². The third-order valence-corrected chi connectivity index (χ3v) is 8.55. The van der Waals surface area contributed by atoms with Gasteiger partial charge in [-0.15, -0.1) is 0 Å². The minimum atomic E-state index is -3.44. The Morgan fingerprint density at radius 1 is 0.941 bits per heavy atom. The maximum atomic E-state index is 12.8. The molecule has 2 aromatic carbocycles. The first-order valence-corrected chi connectivity index (χ1v) is 13.5. The van der Waals surface area contributed by atoms with Crippen molar-refractivity contribution < 1.29 is 13.2 Å². The maximum Gasteiger partial charge on any atom is 0.243 e. The van der Waals surface area contributed by atoms with Gasteiger partial charge in [0, 0.05) is 51.5 Å². The van der Waals surface area contributed by atoms with Crippen molar-refractivity contribution in [1.82, 2.24) is 14.1 Å². The van der Waals surface area contributed by atoms with Crippen LogP contribution in [0.15, 0.2) is 65.6 Å². The molecule has 0 radical (unpaired) electrons. The summed E-state index contributed by atoms with van der Waals surface area (Å²) in [6, 6.07) is 16.5. The van der Waals surface area contributed by atoms with Crippen LogP contribution in [0, 0.1) is 0 Å². The van der Waals surface area contributed by atoms with Crippen molar-refractivity contribution in [3.05, 3.63) is 66.2 Å². The summed E-state index contributed by atoms with van der Waals surface area (Å²) in [5.74, 6) is -0.0763. The molecule has 182 valence electrons. The van der Waals surface area contributed by atoms with Crippen molar-refractivity contribution in [2.45, 2.75) is 30.7 Å². The molecule has 2 aliphatic heterocycles. The number of amides is 1. The van der Waals surface area contributed by atoms with Crippen molar-refractivity contribution in [1.29, 1.82) is 0 Å². The second-order valence-electron chi connectivity index (χ2n) is 8.95. The van der Waals surface area contributed by atoms with Gasteiger partial charge in [0.25, 0.3) is 0 Å². The van der Waals surface area contributed by atoms with Crippen LogP contribution in [0.3, 0.4) is 0 Å². The molecule has 2 aromatic rings. The van der Waals surface area contributed by atoms with E-state index in [4.69, 9.17) is 0 Å². The van der Waals surface area contributed by atoms with Crippen molar-refractivity contribution >= 4 is 27.7 Å². The van der Waals surface area contributed by atoms with E-state index in [0.717, 1.165) is 45.6 Å². The highest BCUT2D eigenvalue weighted by molar-refractivity contribution is 7.89. The normalized spacial score (nSPS) is 19.4. The van der Waals surface area contributed by atoms with E-state index in [1.807, 2.05) is 25.1 Å². The Hall–Kier alpha value is -2.52. The maximum absolute atomic E-state index is 12.8. The molecule has 0 bridgehead atoms. The standard InChI is InChI=1S/C26H34N4O3S/c1-22(29-20-18-28(19-21-29)15-7-10-23-8-3-2-4-9-23)26(31)27-24-11-13-25(14-12-24)34(32,33)30-16-5-6-17-30/h2-4,7-14,22H,5-6,15-21H2,1H3,(H,27,31). The monoisotopic (exact) mass is 482 g/mol. The van der Waals surface area contributed by atoms with Crippen LogP contribution in [0.4, 0.5) is 5.69 Å².